The van der Waals surface area contributed by atoms with Gasteiger partial charge in [-0.2, -0.15) is 0 Å². The molecule has 1 amide bonds. The molecule has 0 aliphatic heterocycles. The molecule has 0 aliphatic rings. The van der Waals surface area contributed by atoms with Crippen LogP contribution < -0.4 is 0 Å². The van der Waals surface area contributed by atoms with Gasteiger partial charge in [-0.15, -0.1) is 11.8 Å². The molecule has 0 radical (unpaired) electrons. The fourth-order valence-corrected chi connectivity index (χ4v) is 3.39. The molecule has 4 nitrogen and oxygen atoms in total. The van der Waals surface area contributed by atoms with Crippen molar-refractivity contribution in [1.29, 1.82) is 0 Å². The van der Waals surface area contributed by atoms with Crippen molar-refractivity contribution in [3.8, 4) is 0 Å². The molecular weight excluding hydrogens is 364 g/mol. The SMILES string of the molecule is Cc1noc(C)c1CSCC(=O)N(C)Cc1ccc(Br)cc1. The Hall–Kier alpha value is -1.27. The van der Waals surface area contributed by atoms with Gasteiger partial charge >= 0.3 is 0 Å². The number of carbonyl (C=O) groups excluding carboxylic acids is 1. The maximum atomic E-state index is 12.2. The van der Waals surface area contributed by atoms with Crippen molar-refractivity contribution in [3.05, 3.63) is 51.3 Å². The van der Waals surface area contributed by atoms with Crippen LogP contribution in [0.5, 0.6) is 0 Å². The lowest BCUT2D eigenvalue weighted by molar-refractivity contribution is -0.127. The van der Waals surface area contributed by atoms with Crippen LogP contribution in [0.1, 0.15) is 22.6 Å². The Balaban J connectivity index is 1.80. The van der Waals surface area contributed by atoms with Crippen molar-refractivity contribution in [3.63, 3.8) is 0 Å². The topological polar surface area (TPSA) is 46.3 Å². The number of hydrogen-bond acceptors (Lipinski definition) is 4. The number of nitrogens with zero attached hydrogens (tertiary/aromatic N) is 2. The molecule has 2 rings (SSSR count). The summed E-state index contributed by atoms with van der Waals surface area (Å²) < 4.78 is 6.17. The lowest BCUT2D eigenvalue weighted by atomic mass is 10.2. The molecule has 6 heteroatoms. The van der Waals surface area contributed by atoms with E-state index in [4.69, 9.17) is 4.52 Å². The first-order valence-corrected chi connectivity index (χ1v) is 8.90. The van der Waals surface area contributed by atoms with Gasteiger partial charge in [0.15, 0.2) is 0 Å². The number of aryl methyl sites for hydroxylation is 2. The quantitative estimate of drug-likeness (QED) is 0.758. The van der Waals surface area contributed by atoms with E-state index in [-0.39, 0.29) is 5.91 Å². The van der Waals surface area contributed by atoms with Gasteiger partial charge in [0.2, 0.25) is 5.91 Å². The third kappa shape index (κ3) is 4.61. The monoisotopic (exact) mass is 382 g/mol. The van der Waals surface area contributed by atoms with Crippen LogP contribution in [0, 0.1) is 13.8 Å². The Kier molecular flexibility index (Phi) is 6.08. The van der Waals surface area contributed by atoms with Crippen LogP contribution in [0.15, 0.2) is 33.3 Å². The van der Waals surface area contributed by atoms with E-state index >= 15 is 0 Å². The van der Waals surface area contributed by atoms with Crippen molar-refractivity contribution in [2.75, 3.05) is 12.8 Å². The van der Waals surface area contributed by atoms with Gasteiger partial charge in [0.25, 0.3) is 0 Å². The average Bonchev–Trinajstić information content (AvgIpc) is 2.81. The molecule has 0 saturated carbocycles. The summed E-state index contributed by atoms with van der Waals surface area (Å²) in [7, 11) is 1.83. The first-order valence-electron chi connectivity index (χ1n) is 6.95. The predicted octanol–water partition coefficient (Wildman–Crippen LogP) is 3.95. The van der Waals surface area contributed by atoms with Gasteiger partial charge in [0, 0.05) is 29.4 Å². The van der Waals surface area contributed by atoms with Gasteiger partial charge in [0.1, 0.15) is 5.76 Å². The molecule has 0 fully saturated rings. The number of halogens is 1. The van der Waals surface area contributed by atoms with E-state index in [0.29, 0.717) is 12.3 Å². The summed E-state index contributed by atoms with van der Waals surface area (Å²) in [6.07, 6.45) is 0. The molecule has 1 heterocycles. The Morgan fingerprint density at radius 2 is 2.00 bits per heavy atom. The van der Waals surface area contributed by atoms with E-state index in [1.165, 1.54) is 0 Å². The molecule has 0 unspecified atom stereocenters. The second-order valence-corrected chi connectivity index (χ2v) is 7.07. The minimum atomic E-state index is 0.125. The summed E-state index contributed by atoms with van der Waals surface area (Å²) in [5.41, 5.74) is 3.11. The summed E-state index contributed by atoms with van der Waals surface area (Å²) in [6, 6.07) is 8.01. The van der Waals surface area contributed by atoms with Gasteiger partial charge in [-0.1, -0.05) is 33.2 Å². The maximum Gasteiger partial charge on any atom is 0.232 e. The number of hydrogen-bond donors (Lipinski definition) is 0. The Labute approximate surface area is 143 Å². The minimum Gasteiger partial charge on any atom is -0.361 e. The minimum absolute atomic E-state index is 0.125. The molecule has 0 aliphatic carbocycles. The lowest BCUT2D eigenvalue weighted by Crippen LogP contribution is -2.27. The third-order valence-corrected chi connectivity index (χ3v) is 4.88. The molecule has 118 valence electrons. The van der Waals surface area contributed by atoms with Crippen molar-refractivity contribution in [1.82, 2.24) is 10.1 Å². The lowest BCUT2D eigenvalue weighted by Gasteiger charge is -2.17. The zero-order chi connectivity index (χ0) is 16.1. The van der Waals surface area contributed by atoms with Crippen LogP contribution in [0.4, 0.5) is 0 Å². The molecule has 1 aromatic carbocycles. The van der Waals surface area contributed by atoms with Gasteiger partial charge in [0.05, 0.1) is 11.4 Å². The fourth-order valence-electron chi connectivity index (χ4n) is 2.01. The zero-order valence-electron chi connectivity index (χ0n) is 12.9. The van der Waals surface area contributed by atoms with Crippen LogP contribution in [0.2, 0.25) is 0 Å². The summed E-state index contributed by atoms with van der Waals surface area (Å²) in [5, 5.41) is 3.92. The van der Waals surface area contributed by atoms with E-state index in [9.17, 15) is 4.79 Å². The van der Waals surface area contributed by atoms with Crippen molar-refractivity contribution in [2.45, 2.75) is 26.1 Å². The molecule has 1 aromatic heterocycles. The summed E-state index contributed by atoms with van der Waals surface area (Å²) in [6.45, 7) is 4.45. The largest absolute Gasteiger partial charge is 0.361 e. The molecule has 0 N–H and O–H groups in total. The number of rotatable bonds is 6. The molecule has 0 spiro atoms. The van der Waals surface area contributed by atoms with E-state index in [0.717, 1.165) is 32.8 Å². The van der Waals surface area contributed by atoms with E-state index < -0.39 is 0 Å². The van der Waals surface area contributed by atoms with Crippen LogP contribution in [-0.4, -0.2) is 28.8 Å². The highest BCUT2D eigenvalue weighted by Crippen LogP contribution is 2.20. The molecule has 2 aromatic rings. The predicted molar refractivity (Wildman–Crippen MR) is 92.8 cm³/mol. The average molecular weight is 383 g/mol. The highest BCUT2D eigenvalue weighted by atomic mass is 79.9. The van der Waals surface area contributed by atoms with Crippen LogP contribution >= 0.6 is 27.7 Å². The van der Waals surface area contributed by atoms with Crippen LogP contribution in [0.25, 0.3) is 0 Å². The molecule has 0 atom stereocenters. The molecule has 0 bridgehead atoms. The second-order valence-electron chi connectivity index (χ2n) is 5.17. The number of carbonyl (C=O) groups is 1. The maximum absolute atomic E-state index is 12.2. The summed E-state index contributed by atoms with van der Waals surface area (Å²) in [4.78, 5) is 13.9. The Morgan fingerprint density at radius 3 is 2.59 bits per heavy atom. The van der Waals surface area contributed by atoms with Crippen molar-refractivity contribution < 1.29 is 9.32 Å². The number of aromatic nitrogens is 1. The van der Waals surface area contributed by atoms with Crippen molar-refractivity contribution in [2.24, 2.45) is 0 Å². The smallest absolute Gasteiger partial charge is 0.232 e. The number of thioether (sulfide) groups is 1. The zero-order valence-corrected chi connectivity index (χ0v) is 15.3. The van der Waals surface area contributed by atoms with Gasteiger partial charge < -0.3 is 9.42 Å². The van der Waals surface area contributed by atoms with E-state index in [2.05, 4.69) is 21.1 Å². The Morgan fingerprint density at radius 1 is 1.32 bits per heavy atom. The van der Waals surface area contributed by atoms with Crippen LogP contribution in [0.3, 0.4) is 0 Å². The molecule has 0 saturated heterocycles. The van der Waals surface area contributed by atoms with E-state index in [1.807, 2.05) is 45.2 Å². The molecule has 22 heavy (non-hydrogen) atoms. The van der Waals surface area contributed by atoms with Crippen molar-refractivity contribution >= 4 is 33.6 Å². The standard InChI is InChI=1S/C16H19BrN2O2S/c1-11-15(12(2)21-18-11)9-22-10-16(20)19(3)8-13-4-6-14(17)7-5-13/h4-7H,8-10H2,1-3H3. The highest BCUT2D eigenvalue weighted by molar-refractivity contribution is 9.10. The van der Waals surface area contributed by atoms with Crippen LogP contribution in [-0.2, 0) is 17.1 Å². The second kappa shape index (κ2) is 7.83. The summed E-state index contributed by atoms with van der Waals surface area (Å²) in [5.74, 6) is 2.16. The Bertz CT molecular complexity index is 621. The first kappa shape index (κ1) is 17.1. The number of amides is 1. The molecular formula is C16H19BrN2O2S. The van der Waals surface area contributed by atoms with Gasteiger partial charge in [-0.25, -0.2) is 0 Å². The highest BCUT2D eigenvalue weighted by Gasteiger charge is 2.12. The normalized spacial score (nSPS) is 10.7. The van der Waals surface area contributed by atoms with Gasteiger partial charge in [-0.05, 0) is 31.5 Å². The summed E-state index contributed by atoms with van der Waals surface area (Å²) >= 11 is 5.00. The van der Waals surface area contributed by atoms with E-state index in [1.54, 1.807) is 16.7 Å². The fraction of sp³-hybridized carbons (Fsp3) is 0.375. The van der Waals surface area contributed by atoms with Gasteiger partial charge in [-0.3, -0.25) is 4.79 Å². The first-order chi connectivity index (χ1) is 10.5. The third-order valence-electron chi connectivity index (χ3n) is 3.41. The number of benzene rings is 1.